The van der Waals surface area contributed by atoms with Gasteiger partial charge in [0.25, 0.3) is 0 Å². The molecule has 2 aliphatic rings. The summed E-state index contributed by atoms with van der Waals surface area (Å²) in [5.74, 6) is 0.0179. The minimum absolute atomic E-state index is 0.0714. The van der Waals surface area contributed by atoms with Gasteiger partial charge in [-0.25, -0.2) is 14.2 Å². The predicted molar refractivity (Wildman–Crippen MR) is 168 cm³/mol. The van der Waals surface area contributed by atoms with Gasteiger partial charge < -0.3 is 19.9 Å². The number of halogens is 1. The normalized spacial score (nSPS) is 15.8. The molecule has 2 N–H and O–H groups in total. The van der Waals surface area contributed by atoms with Crippen molar-refractivity contribution >= 4 is 33.3 Å². The van der Waals surface area contributed by atoms with E-state index in [0.717, 1.165) is 79.4 Å². The molecule has 2 amide bonds. The number of imidazole rings is 1. The van der Waals surface area contributed by atoms with Crippen LogP contribution in [0, 0.1) is 5.82 Å². The fourth-order valence-corrected chi connectivity index (χ4v) is 6.29. The molecule has 0 unspecified atom stereocenters. The van der Waals surface area contributed by atoms with Crippen molar-refractivity contribution in [2.24, 2.45) is 0 Å². The largest absolute Gasteiger partial charge is 0.453 e. The number of aromatic nitrogens is 4. The summed E-state index contributed by atoms with van der Waals surface area (Å²) in [5, 5.41) is 5.49. The smallest absolute Gasteiger partial charge is 0.319 e. The molecule has 1 saturated heterocycles. The number of carbonyl (C=O) groups excluding carboxylic acids is 1. The number of thiophene rings is 1. The van der Waals surface area contributed by atoms with Crippen molar-refractivity contribution < 1.29 is 13.9 Å². The number of fused-ring (bicyclic) bond motifs is 1. The van der Waals surface area contributed by atoms with Crippen LogP contribution < -0.4 is 15.4 Å². The van der Waals surface area contributed by atoms with Gasteiger partial charge in [-0.3, -0.25) is 19.8 Å². The Bertz CT molecular complexity index is 1730. The van der Waals surface area contributed by atoms with Crippen molar-refractivity contribution in [3.63, 3.8) is 0 Å². The Labute approximate surface area is 258 Å². The van der Waals surface area contributed by atoms with Gasteiger partial charge in [-0.15, -0.1) is 11.3 Å². The maximum absolute atomic E-state index is 14.9. The third-order valence-corrected chi connectivity index (χ3v) is 9.04. The van der Waals surface area contributed by atoms with Crippen LogP contribution in [0.5, 0.6) is 11.5 Å². The zero-order valence-corrected chi connectivity index (χ0v) is 25.0. The summed E-state index contributed by atoms with van der Waals surface area (Å²) in [6.45, 7) is 7.06. The lowest BCUT2D eigenvalue weighted by atomic mass is 10.2. The second kappa shape index (κ2) is 12.7. The molecule has 5 heterocycles. The van der Waals surface area contributed by atoms with Crippen LogP contribution in [0.4, 0.5) is 14.9 Å². The van der Waals surface area contributed by atoms with E-state index in [1.165, 1.54) is 29.0 Å². The SMILES string of the molecule is O=C(Nc1ccc(Oc2ccnc3cc(-c4ccc(CN5CCN(CCn6ccnc6)CC5)cn4)sc23)c(F)c1)NC1CC1. The first-order valence-corrected chi connectivity index (χ1v) is 15.7. The van der Waals surface area contributed by atoms with E-state index in [1.54, 1.807) is 18.3 Å². The zero-order valence-electron chi connectivity index (χ0n) is 24.2. The molecule has 10 nitrogen and oxygen atoms in total. The number of amides is 2. The third-order valence-electron chi connectivity index (χ3n) is 7.88. The lowest BCUT2D eigenvalue weighted by Crippen LogP contribution is -2.46. The number of carbonyl (C=O) groups is 1. The van der Waals surface area contributed by atoms with Crippen LogP contribution in [0.2, 0.25) is 0 Å². The van der Waals surface area contributed by atoms with Crippen LogP contribution in [-0.4, -0.2) is 74.1 Å². The number of anilines is 1. The Hall–Kier alpha value is -4.39. The second-order valence-electron chi connectivity index (χ2n) is 11.2. The van der Waals surface area contributed by atoms with Crippen molar-refractivity contribution in [2.45, 2.75) is 32.0 Å². The summed E-state index contributed by atoms with van der Waals surface area (Å²) in [5.41, 5.74) is 3.17. The van der Waals surface area contributed by atoms with Crippen molar-refractivity contribution in [1.82, 2.24) is 34.6 Å². The number of urea groups is 1. The minimum Gasteiger partial charge on any atom is -0.453 e. The number of piperazine rings is 1. The van der Waals surface area contributed by atoms with Gasteiger partial charge in [0.1, 0.15) is 5.75 Å². The van der Waals surface area contributed by atoms with Crippen LogP contribution in [0.15, 0.2) is 73.6 Å². The lowest BCUT2D eigenvalue weighted by molar-refractivity contribution is 0.124. The topological polar surface area (TPSA) is 100 Å². The van der Waals surface area contributed by atoms with Crippen molar-refractivity contribution in [2.75, 3.05) is 38.0 Å². The van der Waals surface area contributed by atoms with E-state index in [9.17, 15) is 9.18 Å². The first-order valence-electron chi connectivity index (χ1n) is 14.8. The highest BCUT2D eigenvalue weighted by Crippen LogP contribution is 2.39. The van der Waals surface area contributed by atoms with Gasteiger partial charge in [0.05, 0.1) is 27.1 Å². The molecule has 7 rings (SSSR count). The van der Waals surface area contributed by atoms with Crippen molar-refractivity contribution in [3.8, 4) is 22.1 Å². The van der Waals surface area contributed by atoms with Gasteiger partial charge in [-0.2, -0.15) is 0 Å². The van der Waals surface area contributed by atoms with E-state index >= 15 is 0 Å². The Morgan fingerprint density at radius 2 is 1.84 bits per heavy atom. The summed E-state index contributed by atoms with van der Waals surface area (Å²) in [6.07, 6.45) is 11.3. The molecule has 0 spiro atoms. The highest BCUT2D eigenvalue weighted by Gasteiger charge is 2.23. The molecule has 0 bridgehead atoms. The monoisotopic (exact) mass is 612 g/mol. The number of hydrogen-bond donors (Lipinski definition) is 2. The molecule has 12 heteroatoms. The van der Waals surface area contributed by atoms with Gasteiger partial charge >= 0.3 is 6.03 Å². The molecule has 0 atom stereocenters. The summed E-state index contributed by atoms with van der Waals surface area (Å²) >= 11 is 1.51. The predicted octanol–water partition coefficient (Wildman–Crippen LogP) is 5.59. The van der Waals surface area contributed by atoms with E-state index in [2.05, 4.69) is 41.0 Å². The maximum Gasteiger partial charge on any atom is 0.319 e. The standard InChI is InChI=1S/C32H33FN8O2S/c33-25-17-24(38-32(42)37-23-2-3-23)4-6-28(25)43-29-7-8-35-27-18-30(44-31(27)29)26-5-1-22(19-36-26)20-40-14-11-39(12-15-40)13-16-41-10-9-34-21-41/h1,4-10,17-19,21,23H,2-3,11-16,20H2,(H2,37,38,42). The Kier molecular flexibility index (Phi) is 8.18. The lowest BCUT2D eigenvalue weighted by Gasteiger charge is -2.34. The fourth-order valence-electron chi connectivity index (χ4n) is 5.25. The fraction of sp³-hybridized carbons (Fsp3) is 0.312. The molecule has 1 aliphatic carbocycles. The van der Waals surface area contributed by atoms with Crippen molar-refractivity contribution in [1.29, 1.82) is 0 Å². The minimum atomic E-state index is -0.566. The number of rotatable bonds is 10. The molecule has 1 aromatic carbocycles. The van der Waals surface area contributed by atoms with E-state index in [1.807, 2.05) is 37.1 Å². The third kappa shape index (κ3) is 6.88. The van der Waals surface area contributed by atoms with Crippen molar-refractivity contribution in [3.05, 3.63) is 85.0 Å². The van der Waals surface area contributed by atoms with Gasteiger partial charge in [0.15, 0.2) is 11.6 Å². The van der Waals surface area contributed by atoms with Gasteiger partial charge in [-0.1, -0.05) is 6.07 Å². The molecular formula is C32H33FN8O2S. The van der Waals surface area contributed by atoms with E-state index in [-0.39, 0.29) is 17.8 Å². The van der Waals surface area contributed by atoms with E-state index in [0.29, 0.717) is 11.4 Å². The molecule has 1 saturated carbocycles. The highest BCUT2D eigenvalue weighted by molar-refractivity contribution is 7.22. The molecule has 2 fully saturated rings. The average Bonchev–Trinajstić information content (AvgIpc) is 3.48. The van der Waals surface area contributed by atoms with Gasteiger partial charge in [-0.05, 0) is 42.7 Å². The molecule has 4 aromatic heterocycles. The first kappa shape index (κ1) is 28.4. The van der Waals surface area contributed by atoms with E-state index in [4.69, 9.17) is 9.72 Å². The van der Waals surface area contributed by atoms with Gasteiger partial charge in [0.2, 0.25) is 0 Å². The maximum atomic E-state index is 14.9. The molecule has 44 heavy (non-hydrogen) atoms. The first-order chi connectivity index (χ1) is 21.6. The van der Waals surface area contributed by atoms with Crippen LogP contribution >= 0.6 is 11.3 Å². The van der Waals surface area contributed by atoms with E-state index < -0.39 is 5.82 Å². The highest BCUT2D eigenvalue weighted by atomic mass is 32.1. The molecule has 226 valence electrons. The van der Waals surface area contributed by atoms with Crippen LogP contribution in [-0.2, 0) is 13.1 Å². The van der Waals surface area contributed by atoms with Crippen LogP contribution in [0.25, 0.3) is 20.8 Å². The number of nitrogens with one attached hydrogen (secondary N) is 2. The summed E-state index contributed by atoms with van der Waals surface area (Å²) < 4.78 is 23.8. The van der Waals surface area contributed by atoms with Crippen LogP contribution in [0.3, 0.4) is 0 Å². The summed E-state index contributed by atoms with van der Waals surface area (Å²) in [4.78, 5) is 31.3. The molecule has 5 aromatic rings. The Morgan fingerprint density at radius 1 is 0.977 bits per heavy atom. The quantitative estimate of drug-likeness (QED) is 0.212. The number of nitrogens with zero attached hydrogens (tertiary/aromatic N) is 6. The number of ether oxygens (including phenoxy) is 1. The zero-order chi connectivity index (χ0) is 29.9. The summed E-state index contributed by atoms with van der Waals surface area (Å²) in [7, 11) is 0. The van der Waals surface area contributed by atoms with Crippen LogP contribution in [0.1, 0.15) is 18.4 Å². The Balaban J connectivity index is 0.965. The number of benzene rings is 1. The molecular weight excluding hydrogens is 579 g/mol. The average molecular weight is 613 g/mol. The summed E-state index contributed by atoms with van der Waals surface area (Å²) in [6, 6.07) is 12.2. The Morgan fingerprint density at radius 3 is 2.59 bits per heavy atom. The van der Waals surface area contributed by atoms with Gasteiger partial charge in [0, 0.05) is 94.5 Å². The molecule has 0 radical (unpaired) electrons. The number of hydrogen-bond acceptors (Lipinski definition) is 8. The second-order valence-corrected chi connectivity index (χ2v) is 12.3. The molecule has 1 aliphatic heterocycles. The number of pyridine rings is 2.